The summed E-state index contributed by atoms with van der Waals surface area (Å²) in [7, 11) is 0. The van der Waals surface area contributed by atoms with Gasteiger partial charge in [0.05, 0.1) is 22.6 Å². The molecule has 9 heteroatoms. The summed E-state index contributed by atoms with van der Waals surface area (Å²) in [6.45, 7) is 1.23. The molecule has 0 radical (unpaired) electrons. The summed E-state index contributed by atoms with van der Waals surface area (Å²) in [6.07, 6.45) is 3.81. The van der Waals surface area contributed by atoms with Crippen molar-refractivity contribution in [1.29, 1.82) is 0 Å². The summed E-state index contributed by atoms with van der Waals surface area (Å²) in [4.78, 5) is 28.0. The Balaban J connectivity index is 1.27. The van der Waals surface area contributed by atoms with Gasteiger partial charge in [-0.25, -0.2) is 4.79 Å². The molecule has 0 saturated carbocycles. The Morgan fingerprint density at radius 2 is 2.03 bits per heavy atom. The molecule has 5 nitrogen and oxygen atoms in total. The first-order valence-electron chi connectivity index (χ1n) is 10.4. The molecule has 0 unspecified atom stereocenters. The zero-order chi connectivity index (χ0) is 22.9. The lowest BCUT2D eigenvalue weighted by Gasteiger charge is -2.18. The number of hydrogen-bond acceptors (Lipinski definition) is 7. The number of thiocarbonyl (C=S) groups is 1. The molecular weight excluding hydrogens is 498 g/mol. The van der Waals surface area contributed by atoms with E-state index in [9.17, 15) is 9.59 Å². The molecular formula is C24H18ClNO4S3. The number of fused-ring (bicyclic) bond motifs is 1. The first kappa shape index (κ1) is 22.6. The lowest BCUT2D eigenvalue weighted by Crippen LogP contribution is -2.35. The number of rotatable bonds is 5. The van der Waals surface area contributed by atoms with Crippen LogP contribution >= 0.6 is 46.9 Å². The highest BCUT2D eigenvalue weighted by Gasteiger charge is 2.34. The molecule has 0 bridgehead atoms. The number of esters is 1. The molecule has 168 valence electrons. The van der Waals surface area contributed by atoms with Crippen LogP contribution in [0.25, 0.3) is 16.2 Å². The molecule has 2 aliphatic heterocycles. The van der Waals surface area contributed by atoms with Crippen molar-refractivity contribution in [3.63, 3.8) is 0 Å². The van der Waals surface area contributed by atoms with Crippen molar-refractivity contribution in [2.24, 2.45) is 0 Å². The van der Waals surface area contributed by atoms with Gasteiger partial charge in [-0.2, -0.15) is 0 Å². The highest BCUT2D eigenvalue weighted by Crippen LogP contribution is 2.36. The molecule has 5 rings (SSSR count). The Labute approximate surface area is 209 Å². The predicted octanol–water partition coefficient (Wildman–Crippen LogP) is 6.15. The molecule has 33 heavy (non-hydrogen) atoms. The highest BCUT2D eigenvalue weighted by atomic mass is 35.5. The SMILES string of the molecule is O=C(Oc1ccc(/C=C2\SC(=S)N(C[C@H]3CCCO3)C2=O)cc1)c1sc2ccccc2c1Cl. The van der Waals surface area contributed by atoms with Crippen molar-refractivity contribution in [2.45, 2.75) is 18.9 Å². The Kier molecular flexibility index (Phi) is 6.53. The van der Waals surface area contributed by atoms with Gasteiger partial charge in [0.2, 0.25) is 0 Å². The van der Waals surface area contributed by atoms with E-state index in [0.717, 1.165) is 35.1 Å². The number of thiophene rings is 1. The third-order valence-electron chi connectivity index (χ3n) is 5.39. The lowest BCUT2D eigenvalue weighted by molar-refractivity contribution is -0.123. The van der Waals surface area contributed by atoms with Crippen LogP contribution in [0.2, 0.25) is 5.02 Å². The second-order valence-corrected chi connectivity index (χ2v) is 10.7. The standard InChI is InChI=1S/C24H18ClNO4S3/c25-20-17-5-1-2-6-18(17)32-21(20)23(28)30-15-9-7-14(8-10-15)12-19-22(27)26(24(31)33-19)13-16-4-3-11-29-16/h1-2,5-10,12,16H,3-4,11,13H2/b19-12-/t16-/m1/s1. The summed E-state index contributed by atoms with van der Waals surface area (Å²) in [5.41, 5.74) is 0.812. The van der Waals surface area contributed by atoms with Gasteiger partial charge < -0.3 is 9.47 Å². The molecule has 0 aliphatic carbocycles. The average Bonchev–Trinajstić information content (AvgIpc) is 3.51. The van der Waals surface area contributed by atoms with Crippen LogP contribution < -0.4 is 4.74 Å². The Morgan fingerprint density at radius 1 is 1.24 bits per heavy atom. The Hall–Kier alpha value is -2.23. The maximum absolute atomic E-state index is 12.8. The molecule has 1 aromatic heterocycles. The fourth-order valence-corrected chi connectivity index (χ4v) is 6.39. The van der Waals surface area contributed by atoms with Crippen molar-refractivity contribution < 1.29 is 19.1 Å². The number of ether oxygens (including phenoxy) is 2. The molecule has 3 heterocycles. The molecule has 1 atom stereocenters. The molecule has 2 aromatic carbocycles. The number of amides is 1. The van der Waals surface area contributed by atoms with E-state index in [-0.39, 0.29) is 12.0 Å². The van der Waals surface area contributed by atoms with Gasteiger partial charge in [-0.1, -0.05) is 65.9 Å². The maximum Gasteiger partial charge on any atom is 0.355 e. The van der Waals surface area contributed by atoms with Gasteiger partial charge in [0.25, 0.3) is 5.91 Å². The van der Waals surface area contributed by atoms with E-state index >= 15 is 0 Å². The number of benzene rings is 2. The maximum atomic E-state index is 12.8. The van der Waals surface area contributed by atoms with Crippen LogP contribution in [0.15, 0.2) is 53.4 Å². The van der Waals surface area contributed by atoms with Crippen molar-refractivity contribution >= 4 is 79.3 Å². The number of carbonyl (C=O) groups is 2. The smallest absolute Gasteiger partial charge is 0.355 e. The molecule has 2 fully saturated rings. The first-order chi connectivity index (χ1) is 16.0. The second kappa shape index (κ2) is 9.56. The molecule has 2 aliphatic rings. The fraction of sp³-hybridized carbons (Fsp3) is 0.208. The van der Waals surface area contributed by atoms with Gasteiger partial charge in [0.15, 0.2) is 0 Å². The second-order valence-electron chi connectivity index (χ2n) is 7.63. The largest absolute Gasteiger partial charge is 0.422 e. The average molecular weight is 516 g/mol. The summed E-state index contributed by atoms with van der Waals surface area (Å²) in [5.74, 6) is -0.198. The van der Waals surface area contributed by atoms with Crippen molar-refractivity contribution in [2.75, 3.05) is 13.2 Å². The van der Waals surface area contributed by atoms with Crippen LogP contribution in [0, 0.1) is 0 Å². The highest BCUT2D eigenvalue weighted by molar-refractivity contribution is 8.26. The zero-order valence-corrected chi connectivity index (χ0v) is 20.5. The monoisotopic (exact) mass is 515 g/mol. The van der Waals surface area contributed by atoms with E-state index in [1.165, 1.54) is 23.1 Å². The summed E-state index contributed by atoms with van der Waals surface area (Å²) in [5, 5.41) is 1.24. The topological polar surface area (TPSA) is 55.8 Å². The van der Waals surface area contributed by atoms with Crippen LogP contribution in [0.4, 0.5) is 0 Å². The number of nitrogens with zero attached hydrogens (tertiary/aromatic N) is 1. The zero-order valence-electron chi connectivity index (χ0n) is 17.3. The van der Waals surface area contributed by atoms with Crippen LogP contribution in [0.3, 0.4) is 0 Å². The molecule has 3 aromatic rings. The number of hydrogen-bond donors (Lipinski definition) is 0. The third-order valence-corrected chi connectivity index (χ3v) is 8.43. The van der Waals surface area contributed by atoms with Gasteiger partial charge in [-0.15, -0.1) is 11.3 Å². The minimum atomic E-state index is -0.496. The third kappa shape index (κ3) is 4.72. The van der Waals surface area contributed by atoms with E-state index in [1.807, 2.05) is 24.3 Å². The fourth-order valence-electron chi connectivity index (χ4n) is 3.73. The van der Waals surface area contributed by atoms with Gasteiger partial charge in [-0.3, -0.25) is 9.69 Å². The van der Waals surface area contributed by atoms with Crippen molar-refractivity contribution in [3.8, 4) is 5.75 Å². The molecule has 1 amide bonds. The number of halogens is 1. The van der Waals surface area contributed by atoms with Crippen LogP contribution in [0.1, 0.15) is 28.1 Å². The van der Waals surface area contributed by atoms with Gasteiger partial charge in [0, 0.05) is 16.7 Å². The van der Waals surface area contributed by atoms with Crippen molar-refractivity contribution in [3.05, 3.63) is 68.9 Å². The Morgan fingerprint density at radius 3 is 2.76 bits per heavy atom. The Bertz CT molecular complexity index is 1280. The van der Waals surface area contributed by atoms with Crippen LogP contribution in [-0.2, 0) is 9.53 Å². The quantitative estimate of drug-likeness (QED) is 0.176. The molecule has 0 spiro atoms. The predicted molar refractivity (Wildman–Crippen MR) is 137 cm³/mol. The van der Waals surface area contributed by atoms with Gasteiger partial charge in [0.1, 0.15) is 14.9 Å². The van der Waals surface area contributed by atoms with Gasteiger partial charge >= 0.3 is 5.97 Å². The van der Waals surface area contributed by atoms with E-state index in [1.54, 1.807) is 35.2 Å². The minimum Gasteiger partial charge on any atom is -0.422 e. The van der Waals surface area contributed by atoms with E-state index in [2.05, 4.69) is 0 Å². The first-order valence-corrected chi connectivity index (χ1v) is 12.8. The van der Waals surface area contributed by atoms with Crippen LogP contribution in [0.5, 0.6) is 5.75 Å². The summed E-state index contributed by atoms with van der Waals surface area (Å²) in [6, 6.07) is 14.5. The van der Waals surface area contributed by atoms with Crippen LogP contribution in [-0.4, -0.2) is 40.4 Å². The minimum absolute atomic E-state index is 0.0512. The van der Waals surface area contributed by atoms with E-state index < -0.39 is 5.97 Å². The van der Waals surface area contributed by atoms with Gasteiger partial charge in [-0.05, 0) is 42.7 Å². The normalized spacial score (nSPS) is 19.7. The summed E-state index contributed by atoms with van der Waals surface area (Å²) < 4.78 is 12.6. The molecule has 2 saturated heterocycles. The van der Waals surface area contributed by atoms with Crippen molar-refractivity contribution in [1.82, 2.24) is 4.90 Å². The van der Waals surface area contributed by atoms with E-state index in [0.29, 0.717) is 31.4 Å². The number of carbonyl (C=O) groups excluding carboxylic acids is 2. The lowest BCUT2D eigenvalue weighted by atomic mass is 10.2. The summed E-state index contributed by atoms with van der Waals surface area (Å²) >= 11 is 14.4. The van der Waals surface area contributed by atoms with E-state index in [4.69, 9.17) is 33.3 Å². The molecule has 0 N–H and O–H groups in total. The number of thioether (sulfide) groups is 1.